The normalized spacial score (nSPS) is 11.2. The maximum atomic E-state index is 10.1. The van der Waals surface area contributed by atoms with Crippen LogP contribution in [0, 0.1) is 0 Å². The van der Waals surface area contributed by atoms with E-state index in [0.29, 0.717) is 0 Å². The molecule has 0 atom stereocenters. The van der Waals surface area contributed by atoms with Crippen molar-refractivity contribution in [3.63, 3.8) is 0 Å². The zero-order chi connectivity index (χ0) is 7.49. The van der Waals surface area contributed by atoms with E-state index >= 15 is 0 Å². The van der Waals surface area contributed by atoms with Gasteiger partial charge < -0.3 is 10.2 Å². The Labute approximate surface area is 55.9 Å². The van der Waals surface area contributed by atoms with Crippen LogP contribution in [0.15, 0.2) is 0 Å². The summed E-state index contributed by atoms with van der Waals surface area (Å²) in [7, 11) is 3.42. The Hall–Kier alpha value is -0.440. The minimum absolute atomic E-state index is 0.0174. The largest absolute Gasteiger partial charge is 0.481 e. The summed E-state index contributed by atoms with van der Waals surface area (Å²) in [6.45, 7) is -0.0840. The molecule has 3 nitrogen and oxygen atoms in total. The third-order valence-corrected chi connectivity index (χ3v) is 1.06. The lowest BCUT2D eigenvalue weighted by atomic mass is 9.53. The minimum Gasteiger partial charge on any atom is -0.481 e. The van der Waals surface area contributed by atoms with Crippen LogP contribution >= 0.6 is 0 Å². The van der Waals surface area contributed by atoms with E-state index in [1.807, 2.05) is 0 Å². The molecule has 0 saturated carbocycles. The Balaban J connectivity index is 3.71. The highest BCUT2D eigenvalue weighted by Crippen LogP contribution is 2.18. The first-order valence-electron chi connectivity index (χ1n) is 2.80. The van der Waals surface area contributed by atoms with E-state index < -0.39 is 11.2 Å². The molecule has 50 valence electrons. The van der Waals surface area contributed by atoms with Crippen LogP contribution < -0.4 is 0 Å². The molecule has 0 aliphatic rings. The lowest BCUT2D eigenvalue weighted by molar-refractivity contribution is -0.137. The number of carboxylic acids is 1. The van der Waals surface area contributed by atoms with Gasteiger partial charge >= 0.3 is 5.97 Å². The summed E-state index contributed by atoms with van der Waals surface area (Å²) in [5.41, 5.74) is 0. The maximum Gasteiger partial charge on any atom is 0.302 e. The molecular weight excluding hydrogens is 118 g/mol. The van der Waals surface area contributed by atoms with Crippen molar-refractivity contribution in [1.82, 2.24) is 0 Å². The first kappa shape index (κ1) is 8.56. The minimum atomic E-state index is -0.867. The van der Waals surface area contributed by atoms with Crippen molar-refractivity contribution in [3.8, 4) is 0 Å². The van der Waals surface area contributed by atoms with E-state index in [9.17, 15) is 4.79 Å². The van der Waals surface area contributed by atoms with Crippen LogP contribution in [0.5, 0.6) is 0 Å². The number of carboxylic acid groups (broad SMARTS) is 1. The van der Waals surface area contributed by atoms with Crippen LogP contribution in [-0.2, 0) is 4.79 Å². The molecular formula is C4H10B2O3. The third-order valence-electron chi connectivity index (χ3n) is 1.06. The van der Waals surface area contributed by atoms with Gasteiger partial charge in [0.1, 0.15) is 15.7 Å². The third kappa shape index (κ3) is 4.09. The van der Waals surface area contributed by atoms with Gasteiger partial charge in [-0.25, -0.2) is 0 Å². The van der Waals surface area contributed by atoms with Crippen molar-refractivity contribution in [1.29, 1.82) is 0 Å². The highest BCUT2D eigenvalue weighted by Gasteiger charge is 2.19. The van der Waals surface area contributed by atoms with Crippen molar-refractivity contribution in [3.05, 3.63) is 0 Å². The molecule has 0 aliphatic carbocycles. The molecule has 0 aromatic carbocycles. The number of hydrogen-bond acceptors (Lipinski definition) is 2. The van der Waals surface area contributed by atoms with Gasteiger partial charge in [-0.15, -0.1) is 0 Å². The van der Waals surface area contributed by atoms with Gasteiger partial charge in [-0.05, 0) is 0 Å². The Bertz CT molecular complexity index is 112. The van der Waals surface area contributed by atoms with Crippen molar-refractivity contribution >= 4 is 21.7 Å². The zero-order valence-electron chi connectivity index (χ0n) is 5.72. The van der Waals surface area contributed by atoms with Gasteiger partial charge in [0, 0.05) is 13.0 Å². The summed E-state index contributed by atoms with van der Waals surface area (Å²) in [6.07, 6.45) is 0.0174. The van der Waals surface area contributed by atoms with Crippen LogP contribution in [0.2, 0.25) is 5.21 Å². The summed E-state index contributed by atoms with van der Waals surface area (Å²) >= 11 is 0. The SMILES string of the molecule is BC(B)(CO)CC(=O)O. The van der Waals surface area contributed by atoms with E-state index in [-0.39, 0.29) is 13.0 Å². The molecule has 0 aromatic rings. The summed E-state index contributed by atoms with van der Waals surface area (Å²) in [6, 6.07) is 0. The second-order valence-electron chi connectivity index (χ2n) is 2.89. The van der Waals surface area contributed by atoms with Crippen LogP contribution in [0.3, 0.4) is 0 Å². The van der Waals surface area contributed by atoms with Gasteiger partial charge in [0.25, 0.3) is 0 Å². The second-order valence-corrected chi connectivity index (χ2v) is 2.89. The second kappa shape index (κ2) is 2.92. The molecule has 0 bridgehead atoms. The van der Waals surface area contributed by atoms with E-state index in [4.69, 9.17) is 10.2 Å². The van der Waals surface area contributed by atoms with Crippen molar-refractivity contribution in [2.24, 2.45) is 0 Å². The lowest BCUT2D eigenvalue weighted by Gasteiger charge is -2.17. The Morgan fingerprint density at radius 3 is 2.11 bits per heavy atom. The highest BCUT2D eigenvalue weighted by atomic mass is 16.4. The number of hydrogen-bond donors (Lipinski definition) is 2. The molecule has 0 spiro atoms. The smallest absolute Gasteiger partial charge is 0.302 e. The van der Waals surface area contributed by atoms with Crippen LogP contribution in [0.25, 0.3) is 0 Å². The molecule has 0 heterocycles. The fourth-order valence-corrected chi connectivity index (χ4v) is 0.465. The Morgan fingerprint density at radius 1 is 1.56 bits per heavy atom. The van der Waals surface area contributed by atoms with Crippen LogP contribution in [0.1, 0.15) is 6.42 Å². The van der Waals surface area contributed by atoms with Gasteiger partial charge in [-0.3, -0.25) is 4.79 Å². The molecule has 0 saturated heterocycles. The Morgan fingerprint density at radius 2 is 2.00 bits per heavy atom. The number of aliphatic hydroxyl groups is 1. The molecule has 0 amide bonds. The van der Waals surface area contributed by atoms with Gasteiger partial charge in [-0.1, -0.05) is 5.21 Å². The van der Waals surface area contributed by atoms with Gasteiger partial charge in [-0.2, -0.15) is 0 Å². The number of aliphatic hydroxyl groups excluding tert-OH is 1. The van der Waals surface area contributed by atoms with Gasteiger partial charge in [0.15, 0.2) is 0 Å². The molecule has 0 radical (unpaired) electrons. The lowest BCUT2D eigenvalue weighted by Crippen LogP contribution is -2.21. The molecule has 9 heavy (non-hydrogen) atoms. The summed E-state index contributed by atoms with van der Waals surface area (Å²) in [5, 5.41) is 16.4. The first-order valence-corrected chi connectivity index (χ1v) is 2.80. The monoisotopic (exact) mass is 128 g/mol. The molecule has 0 fully saturated rings. The fraction of sp³-hybridized carbons (Fsp3) is 0.750. The number of rotatable bonds is 3. The molecule has 2 N–H and O–H groups in total. The molecule has 0 aliphatic heterocycles. The van der Waals surface area contributed by atoms with Crippen molar-refractivity contribution in [2.45, 2.75) is 11.6 Å². The van der Waals surface area contributed by atoms with Crippen molar-refractivity contribution < 1.29 is 15.0 Å². The summed E-state index contributed by atoms with van der Waals surface area (Å²) in [4.78, 5) is 10.1. The van der Waals surface area contributed by atoms with E-state index in [2.05, 4.69) is 0 Å². The summed E-state index contributed by atoms with van der Waals surface area (Å²) < 4.78 is 0. The predicted octanol–water partition coefficient (Wildman–Crippen LogP) is -2.16. The summed E-state index contributed by atoms with van der Waals surface area (Å²) in [5.74, 6) is -0.867. The first-order chi connectivity index (χ1) is 3.98. The average molecular weight is 128 g/mol. The van der Waals surface area contributed by atoms with E-state index in [1.54, 1.807) is 15.7 Å². The van der Waals surface area contributed by atoms with Crippen molar-refractivity contribution in [2.75, 3.05) is 6.61 Å². The standard InChI is InChI=1S/C4H10B2O3/c5-4(6,2-7)1-3(8)9/h7H,1-2,5-6H2,(H,8,9). The zero-order valence-corrected chi connectivity index (χ0v) is 5.72. The number of carbonyl (C=O) groups is 1. The van der Waals surface area contributed by atoms with Gasteiger partial charge in [0.2, 0.25) is 0 Å². The highest BCUT2D eigenvalue weighted by molar-refractivity contribution is 6.40. The maximum absolute atomic E-state index is 10.1. The van der Waals surface area contributed by atoms with E-state index in [0.717, 1.165) is 0 Å². The topological polar surface area (TPSA) is 57.5 Å². The molecule has 0 rings (SSSR count). The molecule has 0 unspecified atom stereocenters. The average Bonchev–Trinajstić information content (AvgIpc) is 1.63. The molecule has 5 heteroatoms. The Kier molecular flexibility index (Phi) is 2.77. The van der Waals surface area contributed by atoms with Gasteiger partial charge in [0.05, 0.1) is 0 Å². The van der Waals surface area contributed by atoms with Crippen LogP contribution in [0.4, 0.5) is 0 Å². The fourth-order valence-electron chi connectivity index (χ4n) is 0.465. The van der Waals surface area contributed by atoms with E-state index in [1.165, 1.54) is 0 Å². The predicted molar refractivity (Wildman–Crippen MR) is 39.1 cm³/mol. The van der Waals surface area contributed by atoms with Crippen LogP contribution in [-0.4, -0.2) is 38.5 Å². The molecule has 0 aromatic heterocycles. The number of aliphatic carboxylic acids is 1. The quantitative estimate of drug-likeness (QED) is 0.425.